The van der Waals surface area contributed by atoms with Crippen LogP contribution in [0.15, 0.2) is 53.4 Å². The topological polar surface area (TPSA) is 98.2 Å². The number of anilines is 2. The van der Waals surface area contributed by atoms with Crippen molar-refractivity contribution in [1.29, 1.82) is 0 Å². The molecule has 0 radical (unpaired) electrons. The van der Waals surface area contributed by atoms with Crippen LogP contribution >= 0.6 is 11.8 Å². The number of para-hydroxylation sites is 1. The maximum Gasteiger partial charge on any atom is 0.250 e. The van der Waals surface area contributed by atoms with Gasteiger partial charge >= 0.3 is 0 Å². The number of nitrogens with one attached hydrogen (secondary N) is 1. The Morgan fingerprint density at radius 1 is 1.05 bits per heavy atom. The summed E-state index contributed by atoms with van der Waals surface area (Å²) in [6.45, 7) is 0. The third kappa shape index (κ3) is 4.25. The van der Waals surface area contributed by atoms with Crippen molar-refractivity contribution < 1.29 is 9.59 Å². The standard InChI is InChI=1S/C15H15N3O2S/c16-10-5-7-11(8-6-10)21-9-14(19)18-13-4-2-1-3-12(13)15(17)20/h1-8H,9,16H2,(H2,17,20)(H,18,19). The maximum absolute atomic E-state index is 11.9. The normalized spacial score (nSPS) is 10.1. The van der Waals surface area contributed by atoms with Gasteiger partial charge in [-0.3, -0.25) is 9.59 Å². The smallest absolute Gasteiger partial charge is 0.250 e. The van der Waals surface area contributed by atoms with Crippen LogP contribution in [0.5, 0.6) is 0 Å². The molecule has 0 saturated carbocycles. The van der Waals surface area contributed by atoms with Crippen molar-refractivity contribution in [3.05, 3.63) is 54.1 Å². The van der Waals surface area contributed by atoms with Crippen molar-refractivity contribution in [1.82, 2.24) is 0 Å². The molecule has 0 fully saturated rings. The highest BCUT2D eigenvalue weighted by molar-refractivity contribution is 8.00. The second-order valence-corrected chi connectivity index (χ2v) is 5.36. The molecule has 0 spiro atoms. The fourth-order valence-corrected chi connectivity index (χ4v) is 2.40. The number of carbonyl (C=O) groups excluding carboxylic acids is 2. The molecule has 2 aromatic rings. The molecule has 0 atom stereocenters. The van der Waals surface area contributed by atoms with Crippen molar-refractivity contribution in [2.45, 2.75) is 4.90 Å². The Hall–Kier alpha value is -2.47. The second-order valence-electron chi connectivity index (χ2n) is 4.32. The van der Waals surface area contributed by atoms with Crippen LogP contribution in [0.4, 0.5) is 11.4 Å². The summed E-state index contributed by atoms with van der Waals surface area (Å²) in [5, 5.41) is 2.69. The second kappa shape index (κ2) is 6.81. The monoisotopic (exact) mass is 301 g/mol. The predicted molar refractivity (Wildman–Crippen MR) is 85.2 cm³/mol. The fraction of sp³-hybridized carbons (Fsp3) is 0.0667. The largest absolute Gasteiger partial charge is 0.399 e. The minimum absolute atomic E-state index is 0.203. The molecule has 108 valence electrons. The van der Waals surface area contributed by atoms with E-state index in [1.807, 2.05) is 12.1 Å². The van der Waals surface area contributed by atoms with Gasteiger partial charge in [-0.2, -0.15) is 0 Å². The molecule has 5 nitrogen and oxygen atoms in total. The van der Waals surface area contributed by atoms with Crippen molar-refractivity contribution in [3.63, 3.8) is 0 Å². The molecule has 0 bridgehead atoms. The van der Waals surface area contributed by atoms with Crippen LogP contribution in [-0.4, -0.2) is 17.6 Å². The van der Waals surface area contributed by atoms with Crippen LogP contribution in [0.1, 0.15) is 10.4 Å². The highest BCUT2D eigenvalue weighted by Gasteiger charge is 2.10. The van der Waals surface area contributed by atoms with Crippen molar-refractivity contribution in [2.24, 2.45) is 5.73 Å². The number of amides is 2. The lowest BCUT2D eigenvalue weighted by Gasteiger charge is -2.08. The number of thioether (sulfide) groups is 1. The number of carbonyl (C=O) groups is 2. The summed E-state index contributed by atoms with van der Waals surface area (Å²) in [6.07, 6.45) is 0. The van der Waals surface area contributed by atoms with Crippen molar-refractivity contribution in [3.8, 4) is 0 Å². The number of primary amides is 1. The minimum atomic E-state index is -0.572. The van der Waals surface area contributed by atoms with E-state index in [-0.39, 0.29) is 11.7 Å². The Labute approximate surface area is 126 Å². The first kappa shape index (κ1) is 14.9. The van der Waals surface area contributed by atoms with E-state index in [1.165, 1.54) is 11.8 Å². The predicted octanol–water partition coefficient (Wildman–Crippen LogP) is 2.10. The van der Waals surface area contributed by atoms with Gasteiger partial charge < -0.3 is 16.8 Å². The zero-order chi connectivity index (χ0) is 15.2. The van der Waals surface area contributed by atoms with Gasteiger partial charge in [0.2, 0.25) is 5.91 Å². The van der Waals surface area contributed by atoms with E-state index >= 15 is 0 Å². The molecule has 0 aromatic heterocycles. The van der Waals surface area contributed by atoms with E-state index in [4.69, 9.17) is 11.5 Å². The van der Waals surface area contributed by atoms with Gasteiger partial charge in [0.05, 0.1) is 17.0 Å². The third-order valence-electron chi connectivity index (χ3n) is 2.72. The first-order chi connectivity index (χ1) is 10.1. The van der Waals surface area contributed by atoms with Crippen LogP contribution in [0, 0.1) is 0 Å². The summed E-state index contributed by atoms with van der Waals surface area (Å²) in [5.41, 5.74) is 12.3. The van der Waals surface area contributed by atoms with E-state index in [0.29, 0.717) is 16.9 Å². The van der Waals surface area contributed by atoms with Crippen LogP contribution in [0.3, 0.4) is 0 Å². The average molecular weight is 301 g/mol. The van der Waals surface area contributed by atoms with Gasteiger partial charge in [0.15, 0.2) is 0 Å². The number of hydrogen-bond acceptors (Lipinski definition) is 4. The summed E-state index contributed by atoms with van der Waals surface area (Å²) >= 11 is 1.39. The number of benzene rings is 2. The lowest BCUT2D eigenvalue weighted by Crippen LogP contribution is -2.19. The highest BCUT2D eigenvalue weighted by Crippen LogP contribution is 2.20. The van der Waals surface area contributed by atoms with Crippen LogP contribution < -0.4 is 16.8 Å². The number of rotatable bonds is 5. The molecular formula is C15H15N3O2S. The van der Waals surface area contributed by atoms with E-state index in [0.717, 1.165) is 4.90 Å². The number of nitrogen functional groups attached to an aromatic ring is 1. The quantitative estimate of drug-likeness (QED) is 0.582. The fourth-order valence-electron chi connectivity index (χ4n) is 1.71. The summed E-state index contributed by atoms with van der Waals surface area (Å²) in [6, 6.07) is 13.9. The molecule has 6 heteroatoms. The van der Waals surface area contributed by atoms with Gasteiger partial charge in [0.25, 0.3) is 5.91 Å². The Morgan fingerprint density at radius 2 is 1.71 bits per heavy atom. The van der Waals surface area contributed by atoms with E-state index in [1.54, 1.807) is 36.4 Å². The van der Waals surface area contributed by atoms with Crippen LogP contribution in [0.2, 0.25) is 0 Å². The van der Waals surface area contributed by atoms with Crippen LogP contribution in [-0.2, 0) is 4.79 Å². The third-order valence-corrected chi connectivity index (χ3v) is 3.73. The molecule has 0 heterocycles. The van der Waals surface area contributed by atoms with Crippen molar-refractivity contribution in [2.75, 3.05) is 16.8 Å². The lowest BCUT2D eigenvalue weighted by atomic mass is 10.1. The first-order valence-corrected chi connectivity index (χ1v) is 7.22. The van der Waals surface area contributed by atoms with E-state index < -0.39 is 5.91 Å². The molecule has 0 aliphatic heterocycles. The highest BCUT2D eigenvalue weighted by atomic mass is 32.2. The number of nitrogens with two attached hydrogens (primary N) is 2. The Balaban J connectivity index is 1.96. The van der Waals surface area contributed by atoms with Gasteiger partial charge in [-0.25, -0.2) is 0 Å². The Morgan fingerprint density at radius 3 is 2.38 bits per heavy atom. The maximum atomic E-state index is 11.9. The molecule has 0 aliphatic rings. The van der Waals surface area contributed by atoms with Gasteiger partial charge in [0, 0.05) is 10.6 Å². The van der Waals surface area contributed by atoms with Gasteiger partial charge in [-0.05, 0) is 36.4 Å². The summed E-state index contributed by atoms with van der Waals surface area (Å²) in [5.74, 6) is -0.542. The Kier molecular flexibility index (Phi) is 4.84. The van der Waals surface area contributed by atoms with Gasteiger partial charge in [0.1, 0.15) is 0 Å². The van der Waals surface area contributed by atoms with E-state index in [2.05, 4.69) is 5.32 Å². The molecule has 2 amide bonds. The zero-order valence-corrected chi connectivity index (χ0v) is 12.0. The van der Waals surface area contributed by atoms with Gasteiger partial charge in [-0.15, -0.1) is 11.8 Å². The average Bonchev–Trinajstić information content (AvgIpc) is 2.47. The molecule has 2 aromatic carbocycles. The molecule has 5 N–H and O–H groups in total. The van der Waals surface area contributed by atoms with E-state index in [9.17, 15) is 9.59 Å². The van der Waals surface area contributed by atoms with Gasteiger partial charge in [-0.1, -0.05) is 12.1 Å². The molecule has 2 rings (SSSR count). The van der Waals surface area contributed by atoms with Crippen molar-refractivity contribution >= 4 is 35.0 Å². The molecule has 0 aliphatic carbocycles. The minimum Gasteiger partial charge on any atom is -0.399 e. The Bertz CT molecular complexity index is 656. The number of hydrogen-bond donors (Lipinski definition) is 3. The molecule has 0 saturated heterocycles. The summed E-state index contributed by atoms with van der Waals surface area (Å²) in [4.78, 5) is 24.1. The lowest BCUT2D eigenvalue weighted by molar-refractivity contribution is -0.113. The summed E-state index contributed by atoms with van der Waals surface area (Å²) < 4.78 is 0. The summed E-state index contributed by atoms with van der Waals surface area (Å²) in [7, 11) is 0. The zero-order valence-electron chi connectivity index (χ0n) is 11.2. The first-order valence-electron chi connectivity index (χ1n) is 6.23. The molecule has 0 unspecified atom stereocenters. The van der Waals surface area contributed by atoms with Crippen LogP contribution in [0.25, 0.3) is 0 Å². The molecule has 21 heavy (non-hydrogen) atoms. The SMILES string of the molecule is NC(=O)c1ccccc1NC(=O)CSc1ccc(N)cc1. The molecular weight excluding hydrogens is 286 g/mol.